The maximum atomic E-state index is 12.7. The highest BCUT2D eigenvalue weighted by molar-refractivity contribution is 7.89. The molecule has 0 atom stereocenters. The van der Waals surface area contributed by atoms with E-state index in [1.165, 1.54) is 0 Å². The number of piperidine rings is 1. The molecule has 0 aromatic heterocycles. The number of benzene rings is 1. The lowest BCUT2D eigenvalue weighted by molar-refractivity contribution is 0.346. The molecule has 0 bridgehead atoms. The zero-order chi connectivity index (χ0) is 16.0. The average molecular weight is 324 g/mol. The maximum Gasteiger partial charge on any atom is 0.243 e. The van der Waals surface area contributed by atoms with E-state index in [4.69, 9.17) is 0 Å². The van der Waals surface area contributed by atoms with Gasteiger partial charge in [0.25, 0.3) is 0 Å². The van der Waals surface area contributed by atoms with Crippen molar-refractivity contribution in [1.82, 2.24) is 14.9 Å². The molecule has 0 aliphatic carbocycles. The van der Waals surface area contributed by atoms with E-state index in [2.05, 4.69) is 15.6 Å². The second-order valence-corrected chi connectivity index (χ2v) is 7.23. The molecule has 1 saturated heterocycles. The first-order valence-corrected chi connectivity index (χ1v) is 8.99. The summed E-state index contributed by atoms with van der Waals surface area (Å²) in [5.41, 5.74) is 0.912. The highest BCUT2D eigenvalue weighted by atomic mass is 32.2. The van der Waals surface area contributed by atoms with Gasteiger partial charge in [-0.25, -0.2) is 8.42 Å². The van der Waals surface area contributed by atoms with Gasteiger partial charge in [-0.05, 0) is 30.5 Å². The molecule has 2 N–H and O–H groups in total. The molecule has 1 heterocycles. The number of nitrogens with one attached hydrogen (secondary N) is 2. The number of aliphatic imine (C=N–C) groups is 1. The van der Waals surface area contributed by atoms with Crippen molar-refractivity contribution in [2.75, 3.05) is 27.2 Å². The smallest absolute Gasteiger partial charge is 0.243 e. The van der Waals surface area contributed by atoms with Gasteiger partial charge in [-0.3, -0.25) is 4.99 Å². The van der Waals surface area contributed by atoms with Crippen LogP contribution < -0.4 is 10.6 Å². The Hall–Kier alpha value is -1.60. The van der Waals surface area contributed by atoms with Crippen LogP contribution in [0.5, 0.6) is 0 Å². The van der Waals surface area contributed by atoms with Crippen molar-refractivity contribution in [3.63, 3.8) is 0 Å². The van der Waals surface area contributed by atoms with Gasteiger partial charge in [0.15, 0.2) is 5.96 Å². The molecule has 7 heteroatoms. The topological polar surface area (TPSA) is 73.8 Å². The van der Waals surface area contributed by atoms with Gasteiger partial charge in [0.2, 0.25) is 10.0 Å². The summed E-state index contributed by atoms with van der Waals surface area (Å²) in [6.45, 7) is 1.77. The van der Waals surface area contributed by atoms with Crippen LogP contribution in [0.15, 0.2) is 34.2 Å². The number of hydrogen-bond donors (Lipinski definition) is 2. The van der Waals surface area contributed by atoms with Crippen molar-refractivity contribution in [3.8, 4) is 0 Å². The van der Waals surface area contributed by atoms with E-state index in [9.17, 15) is 8.42 Å². The van der Waals surface area contributed by atoms with Crippen LogP contribution in [0.4, 0.5) is 0 Å². The third-order valence-electron chi connectivity index (χ3n) is 3.77. The highest BCUT2D eigenvalue weighted by Crippen LogP contribution is 2.21. The van der Waals surface area contributed by atoms with E-state index in [-0.39, 0.29) is 0 Å². The van der Waals surface area contributed by atoms with Gasteiger partial charge in [0, 0.05) is 33.7 Å². The molecule has 0 unspecified atom stereocenters. The van der Waals surface area contributed by atoms with Crippen molar-refractivity contribution < 1.29 is 8.42 Å². The molecule has 122 valence electrons. The van der Waals surface area contributed by atoms with Crippen molar-refractivity contribution in [3.05, 3.63) is 29.8 Å². The first-order valence-electron chi connectivity index (χ1n) is 7.55. The Morgan fingerprint density at radius 2 is 2.00 bits per heavy atom. The van der Waals surface area contributed by atoms with Gasteiger partial charge >= 0.3 is 0 Å². The fourth-order valence-corrected chi connectivity index (χ4v) is 4.12. The second-order valence-electron chi connectivity index (χ2n) is 5.29. The minimum Gasteiger partial charge on any atom is -0.359 e. The quantitative estimate of drug-likeness (QED) is 0.644. The van der Waals surface area contributed by atoms with E-state index >= 15 is 0 Å². The summed E-state index contributed by atoms with van der Waals surface area (Å²) in [7, 11) is 0.100. The van der Waals surface area contributed by atoms with E-state index in [0.29, 0.717) is 30.5 Å². The zero-order valence-electron chi connectivity index (χ0n) is 13.2. The summed E-state index contributed by atoms with van der Waals surface area (Å²) in [6, 6.07) is 7.10. The van der Waals surface area contributed by atoms with Crippen LogP contribution in [-0.2, 0) is 16.6 Å². The second kappa shape index (κ2) is 7.60. The van der Waals surface area contributed by atoms with E-state index in [1.807, 2.05) is 6.07 Å². The van der Waals surface area contributed by atoms with Crippen LogP contribution in [0.25, 0.3) is 0 Å². The Bertz CT molecular complexity index is 622. The van der Waals surface area contributed by atoms with E-state index < -0.39 is 10.0 Å². The third-order valence-corrected chi connectivity index (χ3v) is 5.67. The largest absolute Gasteiger partial charge is 0.359 e. The Morgan fingerprint density at radius 3 is 2.64 bits per heavy atom. The molecule has 1 aliphatic heterocycles. The number of rotatable bonds is 4. The number of hydrogen-bond acceptors (Lipinski definition) is 3. The standard InChI is InChI=1S/C15H24N4O2S/c1-16-15(17-2)18-12-13-7-6-8-14(11-13)22(20,21)19-9-4-3-5-10-19/h6-8,11H,3-5,9-10,12H2,1-2H3,(H2,16,17,18). The molecule has 2 rings (SSSR count). The molecule has 1 fully saturated rings. The van der Waals surface area contributed by atoms with E-state index in [0.717, 1.165) is 24.8 Å². The highest BCUT2D eigenvalue weighted by Gasteiger charge is 2.25. The summed E-state index contributed by atoms with van der Waals surface area (Å²) >= 11 is 0. The Balaban J connectivity index is 2.13. The summed E-state index contributed by atoms with van der Waals surface area (Å²) in [5, 5.41) is 6.05. The van der Waals surface area contributed by atoms with Gasteiger partial charge < -0.3 is 10.6 Å². The summed E-state index contributed by atoms with van der Waals surface area (Å²) in [6.07, 6.45) is 3.00. The lowest BCUT2D eigenvalue weighted by atomic mass is 10.2. The Morgan fingerprint density at radius 1 is 1.27 bits per heavy atom. The molecule has 0 amide bonds. The molecule has 6 nitrogen and oxygen atoms in total. The average Bonchev–Trinajstić information content (AvgIpc) is 2.57. The first-order chi connectivity index (χ1) is 10.6. The first kappa shape index (κ1) is 16.8. The van der Waals surface area contributed by atoms with Crippen LogP contribution in [0.2, 0.25) is 0 Å². The third kappa shape index (κ3) is 3.98. The maximum absolute atomic E-state index is 12.7. The predicted octanol–water partition coefficient (Wildman–Crippen LogP) is 1.16. The summed E-state index contributed by atoms with van der Waals surface area (Å²) in [5.74, 6) is 0.671. The molecule has 1 aliphatic rings. The molecular weight excluding hydrogens is 300 g/mol. The van der Waals surface area contributed by atoms with Gasteiger partial charge in [0.1, 0.15) is 0 Å². The monoisotopic (exact) mass is 324 g/mol. The van der Waals surface area contributed by atoms with Crippen molar-refractivity contribution >= 4 is 16.0 Å². The lowest BCUT2D eigenvalue weighted by Crippen LogP contribution is -2.36. The number of sulfonamides is 1. The summed E-state index contributed by atoms with van der Waals surface area (Å²) in [4.78, 5) is 4.40. The fraction of sp³-hybridized carbons (Fsp3) is 0.533. The number of nitrogens with zero attached hydrogens (tertiary/aromatic N) is 2. The minimum atomic E-state index is -3.37. The van der Waals surface area contributed by atoms with Crippen LogP contribution >= 0.6 is 0 Å². The van der Waals surface area contributed by atoms with E-state index in [1.54, 1.807) is 36.6 Å². The molecule has 1 aromatic carbocycles. The van der Waals surface area contributed by atoms with Crippen molar-refractivity contribution in [2.45, 2.75) is 30.7 Å². The van der Waals surface area contributed by atoms with Gasteiger partial charge in [-0.1, -0.05) is 18.6 Å². The minimum absolute atomic E-state index is 0.369. The molecule has 0 spiro atoms. The summed E-state index contributed by atoms with van der Waals surface area (Å²) < 4.78 is 26.9. The Kier molecular flexibility index (Phi) is 5.79. The normalized spacial score (nSPS) is 17.3. The van der Waals surface area contributed by atoms with Crippen LogP contribution in [0.3, 0.4) is 0 Å². The van der Waals surface area contributed by atoms with Gasteiger partial charge in [-0.15, -0.1) is 0 Å². The molecule has 0 radical (unpaired) electrons. The molecule has 1 aromatic rings. The Labute approximate surface area is 132 Å². The molecule has 0 saturated carbocycles. The van der Waals surface area contributed by atoms with Crippen molar-refractivity contribution in [2.24, 2.45) is 4.99 Å². The predicted molar refractivity (Wildman–Crippen MR) is 88.3 cm³/mol. The van der Waals surface area contributed by atoms with Crippen molar-refractivity contribution in [1.29, 1.82) is 0 Å². The SMILES string of the molecule is CN=C(NC)NCc1cccc(S(=O)(=O)N2CCCCC2)c1. The molecule has 22 heavy (non-hydrogen) atoms. The fourth-order valence-electron chi connectivity index (χ4n) is 2.54. The van der Waals surface area contributed by atoms with Crippen LogP contribution in [0.1, 0.15) is 24.8 Å². The lowest BCUT2D eigenvalue weighted by Gasteiger charge is -2.26. The van der Waals surface area contributed by atoms with Crippen LogP contribution in [0, 0.1) is 0 Å². The van der Waals surface area contributed by atoms with Crippen LogP contribution in [-0.4, -0.2) is 45.9 Å². The van der Waals surface area contributed by atoms with Gasteiger partial charge in [-0.2, -0.15) is 4.31 Å². The van der Waals surface area contributed by atoms with Gasteiger partial charge in [0.05, 0.1) is 4.90 Å². The molecular formula is C15H24N4O2S. The number of guanidine groups is 1. The zero-order valence-corrected chi connectivity index (χ0v) is 14.0.